The lowest BCUT2D eigenvalue weighted by Crippen LogP contribution is -2.26. The van der Waals surface area contributed by atoms with E-state index in [0.29, 0.717) is 18.0 Å². The third-order valence-electron chi connectivity index (χ3n) is 3.70. The number of halogens is 1. The van der Waals surface area contributed by atoms with E-state index in [0.717, 1.165) is 29.6 Å². The first-order valence-electron chi connectivity index (χ1n) is 7.63. The molecule has 118 valence electrons. The molecule has 1 amide bonds. The molecular formula is C18H18ClN3O. The fraction of sp³-hybridized carbons (Fsp3) is 0.222. The highest BCUT2D eigenvalue weighted by Gasteiger charge is 2.04. The molecule has 1 heterocycles. The molecule has 2 aromatic carbocycles. The number of hydrogen-bond acceptors (Lipinski definition) is 2. The van der Waals surface area contributed by atoms with E-state index < -0.39 is 0 Å². The zero-order valence-electron chi connectivity index (χ0n) is 12.7. The van der Waals surface area contributed by atoms with Crippen molar-refractivity contribution in [2.24, 2.45) is 0 Å². The molecule has 1 N–H and O–H groups in total. The molecular weight excluding hydrogens is 310 g/mol. The van der Waals surface area contributed by atoms with Crippen LogP contribution in [0.5, 0.6) is 0 Å². The minimum atomic E-state index is 0.0304. The van der Waals surface area contributed by atoms with Crippen LogP contribution in [0, 0.1) is 0 Å². The van der Waals surface area contributed by atoms with Gasteiger partial charge in [0.15, 0.2) is 0 Å². The maximum atomic E-state index is 11.9. The van der Waals surface area contributed by atoms with Crippen LogP contribution < -0.4 is 5.32 Å². The van der Waals surface area contributed by atoms with Crippen molar-refractivity contribution in [3.63, 3.8) is 0 Å². The van der Waals surface area contributed by atoms with Crippen LogP contribution >= 0.6 is 11.6 Å². The molecule has 0 unspecified atom stereocenters. The normalized spacial score (nSPS) is 10.8. The van der Waals surface area contributed by atoms with Crippen LogP contribution in [-0.4, -0.2) is 22.0 Å². The summed E-state index contributed by atoms with van der Waals surface area (Å²) in [6.45, 7) is 1.49. The number of amides is 1. The van der Waals surface area contributed by atoms with Gasteiger partial charge < -0.3 is 9.88 Å². The third-order valence-corrected chi connectivity index (χ3v) is 3.96. The average Bonchev–Trinajstić information content (AvgIpc) is 2.97. The lowest BCUT2D eigenvalue weighted by molar-refractivity contribution is -0.120. The molecule has 23 heavy (non-hydrogen) atoms. The topological polar surface area (TPSA) is 46.9 Å². The summed E-state index contributed by atoms with van der Waals surface area (Å²) >= 11 is 5.83. The molecule has 0 spiro atoms. The third kappa shape index (κ3) is 4.11. The largest absolute Gasteiger partial charge is 0.356 e. The van der Waals surface area contributed by atoms with Crippen LogP contribution in [0.2, 0.25) is 5.02 Å². The van der Waals surface area contributed by atoms with Gasteiger partial charge in [0.05, 0.1) is 23.8 Å². The SMILES string of the molecule is O=C(Cc1ccc(Cl)cc1)NCCCn1cnc2ccccc21. The van der Waals surface area contributed by atoms with Crippen molar-refractivity contribution in [2.75, 3.05) is 6.54 Å². The van der Waals surface area contributed by atoms with Crippen molar-refractivity contribution < 1.29 is 4.79 Å². The van der Waals surface area contributed by atoms with E-state index in [4.69, 9.17) is 11.6 Å². The van der Waals surface area contributed by atoms with Gasteiger partial charge in [-0.1, -0.05) is 35.9 Å². The van der Waals surface area contributed by atoms with Crippen LogP contribution in [0.3, 0.4) is 0 Å². The number of rotatable bonds is 6. The van der Waals surface area contributed by atoms with Gasteiger partial charge in [-0.25, -0.2) is 4.98 Å². The first-order chi connectivity index (χ1) is 11.2. The molecule has 0 aliphatic heterocycles. The molecule has 3 rings (SSSR count). The van der Waals surface area contributed by atoms with Crippen LogP contribution in [0.4, 0.5) is 0 Å². The smallest absolute Gasteiger partial charge is 0.224 e. The van der Waals surface area contributed by atoms with E-state index in [1.807, 2.05) is 36.7 Å². The van der Waals surface area contributed by atoms with Crippen molar-refractivity contribution in [1.82, 2.24) is 14.9 Å². The highest BCUT2D eigenvalue weighted by atomic mass is 35.5. The van der Waals surface area contributed by atoms with Gasteiger partial charge >= 0.3 is 0 Å². The van der Waals surface area contributed by atoms with E-state index in [1.165, 1.54) is 0 Å². The average molecular weight is 328 g/mol. The Hall–Kier alpha value is -2.33. The number of hydrogen-bond donors (Lipinski definition) is 1. The number of benzene rings is 2. The molecule has 0 fully saturated rings. The molecule has 0 aliphatic carbocycles. The van der Waals surface area contributed by atoms with E-state index in [2.05, 4.69) is 20.9 Å². The van der Waals surface area contributed by atoms with Gasteiger partial charge in [0, 0.05) is 18.1 Å². The summed E-state index contributed by atoms with van der Waals surface area (Å²) < 4.78 is 2.11. The molecule has 1 aromatic heterocycles. The van der Waals surface area contributed by atoms with Gasteiger partial charge in [0.2, 0.25) is 5.91 Å². The van der Waals surface area contributed by atoms with Crippen LogP contribution in [0.15, 0.2) is 54.9 Å². The zero-order chi connectivity index (χ0) is 16.1. The van der Waals surface area contributed by atoms with Gasteiger partial charge in [-0.2, -0.15) is 0 Å². The second kappa shape index (κ2) is 7.29. The Morgan fingerprint density at radius 1 is 1.13 bits per heavy atom. The lowest BCUT2D eigenvalue weighted by Gasteiger charge is -2.07. The number of imidazole rings is 1. The predicted octanol–water partition coefficient (Wildman–Crippen LogP) is 3.44. The number of nitrogens with one attached hydrogen (secondary N) is 1. The summed E-state index contributed by atoms with van der Waals surface area (Å²) in [6.07, 6.45) is 3.10. The zero-order valence-corrected chi connectivity index (χ0v) is 13.5. The van der Waals surface area contributed by atoms with Gasteiger partial charge in [-0.05, 0) is 36.2 Å². The van der Waals surface area contributed by atoms with Crippen molar-refractivity contribution in [3.8, 4) is 0 Å². The van der Waals surface area contributed by atoms with Crippen molar-refractivity contribution >= 4 is 28.5 Å². The van der Waals surface area contributed by atoms with Gasteiger partial charge in [-0.15, -0.1) is 0 Å². The van der Waals surface area contributed by atoms with E-state index in [1.54, 1.807) is 12.1 Å². The maximum absolute atomic E-state index is 11.9. The molecule has 0 saturated heterocycles. The molecule has 4 nitrogen and oxygen atoms in total. The van der Waals surface area contributed by atoms with E-state index in [9.17, 15) is 4.79 Å². The summed E-state index contributed by atoms with van der Waals surface area (Å²) in [4.78, 5) is 16.3. The van der Waals surface area contributed by atoms with Gasteiger partial charge in [0.25, 0.3) is 0 Å². The molecule has 0 saturated carbocycles. The first kappa shape index (κ1) is 15.6. The Balaban J connectivity index is 1.44. The minimum Gasteiger partial charge on any atom is -0.356 e. The number of aryl methyl sites for hydroxylation is 1. The van der Waals surface area contributed by atoms with Crippen molar-refractivity contribution in [2.45, 2.75) is 19.4 Å². The summed E-state index contributed by atoms with van der Waals surface area (Å²) in [7, 11) is 0. The Labute approximate surface area is 140 Å². The second-order valence-electron chi connectivity index (χ2n) is 5.43. The molecule has 3 aromatic rings. The fourth-order valence-electron chi connectivity index (χ4n) is 2.52. The van der Waals surface area contributed by atoms with Crippen LogP contribution in [0.25, 0.3) is 11.0 Å². The van der Waals surface area contributed by atoms with Gasteiger partial charge in [0.1, 0.15) is 0 Å². The quantitative estimate of drug-likeness (QED) is 0.705. The van der Waals surface area contributed by atoms with Crippen LogP contribution in [0.1, 0.15) is 12.0 Å². The molecule has 0 bridgehead atoms. The highest BCUT2D eigenvalue weighted by Crippen LogP contribution is 2.12. The first-order valence-corrected chi connectivity index (χ1v) is 8.01. The molecule has 0 radical (unpaired) electrons. The van der Waals surface area contributed by atoms with Crippen LogP contribution in [-0.2, 0) is 17.8 Å². The Kier molecular flexibility index (Phi) is 4.93. The number of para-hydroxylation sites is 2. The molecule has 0 atom stereocenters. The number of carbonyl (C=O) groups is 1. The number of nitrogens with zero attached hydrogens (tertiary/aromatic N) is 2. The van der Waals surface area contributed by atoms with E-state index in [-0.39, 0.29) is 5.91 Å². The molecule has 0 aliphatic rings. The minimum absolute atomic E-state index is 0.0304. The Morgan fingerprint density at radius 2 is 1.91 bits per heavy atom. The number of fused-ring (bicyclic) bond motifs is 1. The predicted molar refractivity (Wildman–Crippen MR) is 92.5 cm³/mol. The summed E-state index contributed by atoms with van der Waals surface area (Å²) in [5.41, 5.74) is 3.09. The van der Waals surface area contributed by atoms with Crippen molar-refractivity contribution in [1.29, 1.82) is 0 Å². The van der Waals surface area contributed by atoms with E-state index >= 15 is 0 Å². The number of aromatic nitrogens is 2. The second-order valence-corrected chi connectivity index (χ2v) is 5.87. The summed E-state index contributed by atoms with van der Waals surface area (Å²) in [6, 6.07) is 15.4. The van der Waals surface area contributed by atoms with Gasteiger partial charge in [-0.3, -0.25) is 4.79 Å². The molecule has 5 heteroatoms. The monoisotopic (exact) mass is 327 g/mol. The Morgan fingerprint density at radius 3 is 2.74 bits per heavy atom. The maximum Gasteiger partial charge on any atom is 0.224 e. The standard InChI is InChI=1S/C18H18ClN3O/c19-15-8-6-14(7-9-15)12-18(23)20-10-3-11-22-13-21-16-4-1-2-5-17(16)22/h1-2,4-9,13H,3,10-12H2,(H,20,23). The summed E-state index contributed by atoms with van der Waals surface area (Å²) in [5.74, 6) is 0.0304. The summed E-state index contributed by atoms with van der Waals surface area (Å²) in [5, 5.41) is 3.63. The highest BCUT2D eigenvalue weighted by molar-refractivity contribution is 6.30. The lowest BCUT2D eigenvalue weighted by atomic mass is 10.1. The van der Waals surface area contributed by atoms with Crippen molar-refractivity contribution in [3.05, 3.63) is 65.4 Å². The fourth-order valence-corrected chi connectivity index (χ4v) is 2.64. The Bertz CT molecular complexity index is 795. The number of carbonyl (C=O) groups excluding carboxylic acids is 1.